The molecule has 1 aliphatic rings. The van der Waals surface area contributed by atoms with Crippen molar-refractivity contribution in [1.29, 1.82) is 0 Å². The molecule has 0 aliphatic carbocycles. The molecule has 0 atom stereocenters. The highest BCUT2D eigenvalue weighted by Gasteiger charge is 2.32. The van der Waals surface area contributed by atoms with Crippen LogP contribution in [-0.4, -0.2) is 55.6 Å². The molecule has 1 amide bonds. The predicted octanol–water partition coefficient (Wildman–Crippen LogP) is 3.26. The zero-order valence-corrected chi connectivity index (χ0v) is 17.9. The first-order valence-electron chi connectivity index (χ1n) is 8.66. The number of benzene rings is 1. The lowest BCUT2D eigenvalue weighted by Gasteiger charge is -2.14. The summed E-state index contributed by atoms with van der Waals surface area (Å²) in [7, 11) is 4.58. The van der Waals surface area contributed by atoms with Crippen molar-refractivity contribution in [1.82, 2.24) is 4.90 Å². The molecule has 0 spiro atoms. The van der Waals surface area contributed by atoms with Crippen molar-refractivity contribution in [2.24, 2.45) is 0 Å². The van der Waals surface area contributed by atoms with E-state index in [4.69, 9.17) is 31.2 Å². The van der Waals surface area contributed by atoms with E-state index < -0.39 is 0 Å². The number of ether oxygens (including phenoxy) is 4. The van der Waals surface area contributed by atoms with Crippen molar-refractivity contribution in [3.05, 3.63) is 22.6 Å². The number of nitrogens with zero attached hydrogens (tertiary/aromatic N) is 1. The number of carbonyl (C=O) groups is 2. The molecule has 1 heterocycles. The first-order chi connectivity index (χ1) is 13.4. The van der Waals surface area contributed by atoms with Gasteiger partial charge in [-0.2, -0.15) is 0 Å². The molecule has 0 unspecified atom stereocenters. The average Bonchev–Trinajstić information content (AvgIpc) is 2.96. The summed E-state index contributed by atoms with van der Waals surface area (Å²) in [6.45, 7) is 2.49. The van der Waals surface area contributed by atoms with Gasteiger partial charge in [0.1, 0.15) is 4.32 Å². The number of amides is 1. The fraction of sp³-hybridized carbons (Fsp3) is 0.421. The van der Waals surface area contributed by atoms with Crippen molar-refractivity contribution in [2.45, 2.75) is 19.8 Å². The minimum atomic E-state index is -0.343. The van der Waals surface area contributed by atoms with Gasteiger partial charge in [-0.25, -0.2) is 0 Å². The number of hydrogen-bond donors (Lipinski definition) is 0. The van der Waals surface area contributed by atoms with E-state index in [-0.39, 0.29) is 24.8 Å². The number of rotatable bonds is 9. The van der Waals surface area contributed by atoms with Gasteiger partial charge in [-0.05, 0) is 30.2 Å². The van der Waals surface area contributed by atoms with Crippen LogP contribution >= 0.6 is 24.0 Å². The summed E-state index contributed by atoms with van der Waals surface area (Å²) in [6, 6.07) is 3.49. The zero-order valence-electron chi connectivity index (χ0n) is 16.3. The van der Waals surface area contributed by atoms with Gasteiger partial charge in [0.15, 0.2) is 11.5 Å². The van der Waals surface area contributed by atoms with Gasteiger partial charge in [-0.1, -0.05) is 30.9 Å². The third kappa shape index (κ3) is 5.17. The molecule has 28 heavy (non-hydrogen) atoms. The van der Waals surface area contributed by atoms with Crippen molar-refractivity contribution in [2.75, 3.05) is 34.5 Å². The van der Waals surface area contributed by atoms with Crippen molar-refractivity contribution >= 4 is 46.3 Å². The summed E-state index contributed by atoms with van der Waals surface area (Å²) in [5, 5.41) is 0. The highest BCUT2D eigenvalue weighted by molar-refractivity contribution is 8.26. The number of methoxy groups -OCH3 is 3. The van der Waals surface area contributed by atoms with Crippen LogP contribution in [0.5, 0.6) is 17.2 Å². The average molecular weight is 426 g/mol. The van der Waals surface area contributed by atoms with Crippen LogP contribution in [0.15, 0.2) is 17.0 Å². The maximum Gasteiger partial charge on any atom is 0.307 e. The number of esters is 1. The lowest BCUT2D eigenvalue weighted by atomic mass is 10.1. The van der Waals surface area contributed by atoms with Crippen molar-refractivity contribution < 1.29 is 28.5 Å². The Morgan fingerprint density at radius 3 is 2.36 bits per heavy atom. The molecule has 9 heteroatoms. The Hall–Kier alpha value is -2.26. The molecular formula is C19H23NO6S2. The van der Waals surface area contributed by atoms with Crippen LogP contribution in [0.1, 0.15) is 25.3 Å². The molecule has 0 N–H and O–H groups in total. The molecule has 0 bridgehead atoms. The van der Waals surface area contributed by atoms with E-state index in [1.807, 2.05) is 6.92 Å². The SMILES string of the molecule is CCCOC(=O)CCN1C(=O)/C(=C/c2cc(OC)c(OC)c(OC)c2)SC1=S. The molecule has 2 rings (SSSR count). The highest BCUT2D eigenvalue weighted by Crippen LogP contribution is 2.40. The lowest BCUT2D eigenvalue weighted by Crippen LogP contribution is -2.30. The molecule has 1 aromatic carbocycles. The van der Waals surface area contributed by atoms with Crippen LogP contribution in [0.3, 0.4) is 0 Å². The van der Waals surface area contributed by atoms with Crippen LogP contribution in [0.2, 0.25) is 0 Å². The second kappa shape index (κ2) is 10.3. The highest BCUT2D eigenvalue weighted by atomic mass is 32.2. The monoisotopic (exact) mass is 425 g/mol. The lowest BCUT2D eigenvalue weighted by molar-refractivity contribution is -0.143. The Bertz CT molecular complexity index is 768. The topological polar surface area (TPSA) is 74.3 Å². The number of thioether (sulfide) groups is 1. The van der Waals surface area contributed by atoms with Gasteiger partial charge in [-0.3, -0.25) is 14.5 Å². The van der Waals surface area contributed by atoms with Crippen LogP contribution in [0.25, 0.3) is 6.08 Å². The van der Waals surface area contributed by atoms with Gasteiger partial charge >= 0.3 is 5.97 Å². The fourth-order valence-electron chi connectivity index (χ4n) is 2.52. The predicted molar refractivity (Wildman–Crippen MR) is 112 cm³/mol. The molecule has 0 saturated carbocycles. The summed E-state index contributed by atoms with van der Waals surface area (Å²) >= 11 is 6.48. The third-order valence-electron chi connectivity index (χ3n) is 3.87. The largest absolute Gasteiger partial charge is 0.493 e. The quantitative estimate of drug-likeness (QED) is 0.339. The Balaban J connectivity index is 2.18. The summed E-state index contributed by atoms with van der Waals surface area (Å²) in [4.78, 5) is 26.2. The Morgan fingerprint density at radius 1 is 1.18 bits per heavy atom. The van der Waals surface area contributed by atoms with Gasteiger partial charge in [0.2, 0.25) is 5.75 Å². The maximum atomic E-state index is 12.7. The van der Waals surface area contributed by atoms with Crippen LogP contribution in [0.4, 0.5) is 0 Å². The van der Waals surface area contributed by atoms with Crippen molar-refractivity contribution in [3.63, 3.8) is 0 Å². The van der Waals surface area contributed by atoms with Gasteiger partial charge in [0.25, 0.3) is 5.91 Å². The molecule has 0 radical (unpaired) electrons. The standard InChI is InChI=1S/C19H23NO6S2/c1-5-8-26-16(21)6-7-20-18(22)15(28-19(20)27)11-12-9-13(23-2)17(25-4)14(10-12)24-3/h9-11H,5-8H2,1-4H3/b15-11-. The normalized spacial score (nSPS) is 15.1. The Morgan fingerprint density at radius 2 is 1.82 bits per heavy atom. The minimum absolute atomic E-state index is 0.101. The third-order valence-corrected chi connectivity index (χ3v) is 5.24. The van der Waals surface area contributed by atoms with Gasteiger partial charge in [0.05, 0.1) is 39.3 Å². The maximum absolute atomic E-state index is 12.7. The zero-order chi connectivity index (χ0) is 20.7. The van der Waals surface area contributed by atoms with Crippen LogP contribution in [-0.2, 0) is 14.3 Å². The summed E-state index contributed by atoms with van der Waals surface area (Å²) in [5.74, 6) is 0.862. The number of hydrogen-bond acceptors (Lipinski definition) is 8. The van der Waals surface area contributed by atoms with E-state index >= 15 is 0 Å². The summed E-state index contributed by atoms with van der Waals surface area (Å²) < 4.78 is 21.4. The van der Waals surface area contributed by atoms with Crippen LogP contribution in [0, 0.1) is 0 Å². The van der Waals surface area contributed by atoms with E-state index in [2.05, 4.69) is 0 Å². The number of thiocarbonyl (C=S) groups is 1. The van der Waals surface area contributed by atoms with Gasteiger partial charge in [0, 0.05) is 6.54 Å². The van der Waals surface area contributed by atoms with Crippen LogP contribution < -0.4 is 14.2 Å². The Labute approximate surface area is 173 Å². The minimum Gasteiger partial charge on any atom is -0.493 e. The van der Waals surface area contributed by atoms with Crippen molar-refractivity contribution in [3.8, 4) is 17.2 Å². The summed E-state index contributed by atoms with van der Waals surface area (Å²) in [6.07, 6.45) is 2.56. The molecule has 1 saturated heterocycles. The first-order valence-corrected chi connectivity index (χ1v) is 9.88. The molecule has 1 fully saturated rings. The van der Waals surface area contributed by atoms with E-state index in [0.717, 1.165) is 6.42 Å². The smallest absolute Gasteiger partial charge is 0.307 e. The molecule has 7 nitrogen and oxygen atoms in total. The Kier molecular flexibility index (Phi) is 8.13. The second-order valence-corrected chi connectivity index (χ2v) is 7.44. The molecule has 152 valence electrons. The van der Waals surface area contributed by atoms with E-state index in [9.17, 15) is 9.59 Å². The van der Waals surface area contributed by atoms with E-state index in [0.29, 0.717) is 38.6 Å². The van der Waals surface area contributed by atoms with E-state index in [1.54, 1.807) is 18.2 Å². The first kappa shape index (κ1) is 22.0. The van der Waals surface area contributed by atoms with Gasteiger partial charge in [-0.15, -0.1) is 0 Å². The molecule has 1 aliphatic heterocycles. The van der Waals surface area contributed by atoms with Gasteiger partial charge < -0.3 is 18.9 Å². The molecule has 1 aromatic rings. The van der Waals surface area contributed by atoms with E-state index in [1.165, 1.54) is 38.0 Å². The summed E-state index contributed by atoms with van der Waals surface area (Å²) in [5.41, 5.74) is 0.706. The number of carbonyl (C=O) groups excluding carboxylic acids is 2. The fourth-order valence-corrected chi connectivity index (χ4v) is 3.83. The molecule has 0 aromatic heterocycles. The molecular weight excluding hydrogens is 402 g/mol. The second-order valence-electron chi connectivity index (χ2n) is 5.76.